The van der Waals surface area contributed by atoms with E-state index in [1.807, 2.05) is 0 Å². The Labute approximate surface area is 147 Å². The summed E-state index contributed by atoms with van der Waals surface area (Å²) in [6.45, 7) is 3.41. The summed E-state index contributed by atoms with van der Waals surface area (Å²) in [5.41, 5.74) is 5.40. The van der Waals surface area contributed by atoms with Gasteiger partial charge in [-0.3, -0.25) is 4.79 Å². The average molecular weight is 363 g/mol. The van der Waals surface area contributed by atoms with Crippen LogP contribution in [0.25, 0.3) is 0 Å². The fourth-order valence-corrected chi connectivity index (χ4v) is 2.59. The van der Waals surface area contributed by atoms with E-state index >= 15 is 0 Å². The van der Waals surface area contributed by atoms with Crippen LogP contribution in [-0.4, -0.2) is 31.1 Å². The minimum atomic E-state index is -3.34. The maximum atomic E-state index is 11.9. The molecule has 0 atom stereocenters. The van der Waals surface area contributed by atoms with Crippen LogP contribution >= 0.6 is 0 Å². The number of ether oxygens (including phenoxy) is 1. The zero-order valence-electron chi connectivity index (χ0n) is 14.3. The second-order valence-electron chi connectivity index (χ2n) is 6.22. The number of hydrogen-bond donors (Lipinski definition) is 2. The van der Waals surface area contributed by atoms with E-state index in [0.717, 1.165) is 6.26 Å². The zero-order chi connectivity index (χ0) is 18.7. The minimum absolute atomic E-state index is 0.153. The molecule has 25 heavy (non-hydrogen) atoms. The quantitative estimate of drug-likeness (QED) is 0.807. The smallest absolute Gasteiger partial charge is 0.239 e. The van der Waals surface area contributed by atoms with Crippen molar-refractivity contribution in [2.45, 2.75) is 30.8 Å². The van der Waals surface area contributed by atoms with Gasteiger partial charge in [-0.25, -0.2) is 13.4 Å². The lowest BCUT2D eigenvalue weighted by molar-refractivity contribution is -0.125. The summed E-state index contributed by atoms with van der Waals surface area (Å²) >= 11 is 0. The van der Waals surface area contributed by atoms with Gasteiger partial charge in [0.05, 0.1) is 10.4 Å². The second-order valence-corrected chi connectivity index (χ2v) is 8.24. The van der Waals surface area contributed by atoms with Gasteiger partial charge in [-0.05, 0) is 38.1 Å². The summed E-state index contributed by atoms with van der Waals surface area (Å²) in [5.74, 6) is 0.318. The Morgan fingerprint density at radius 2 is 2.00 bits per heavy atom. The molecule has 134 valence electrons. The summed E-state index contributed by atoms with van der Waals surface area (Å²) in [6, 6.07) is 9.61. The van der Waals surface area contributed by atoms with Gasteiger partial charge in [0.25, 0.3) is 0 Å². The number of carbonyl (C=O) groups is 1. The maximum absolute atomic E-state index is 11.9. The molecule has 0 saturated carbocycles. The lowest BCUT2D eigenvalue weighted by Crippen LogP contribution is -2.48. The van der Waals surface area contributed by atoms with Gasteiger partial charge in [0.15, 0.2) is 9.84 Å². The van der Waals surface area contributed by atoms with Gasteiger partial charge in [0.1, 0.15) is 5.75 Å². The van der Waals surface area contributed by atoms with Crippen molar-refractivity contribution in [1.29, 1.82) is 0 Å². The molecule has 0 spiro atoms. The number of amides is 1. The van der Waals surface area contributed by atoms with E-state index in [1.165, 1.54) is 12.1 Å². The SMILES string of the molecule is CC(C)(N)C(=O)NCc1cccnc1Oc1cccc(S(C)(=O)=O)c1. The average Bonchev–Trinajstić information content (AvgIpc) is 2.52. The molecule has 0 radical (unpaired) electrons. The highest BCUT2D eigenvalue weighted by atomic mass is 32.2. The molecule has 0 bridgehead atoms. The van der Waals surface area contributed by atoms with Gasteiger partial charge in [-0.1, -0.05) is 12.1 Å². The van der Waals surface area contributed by atoms with Crippen molar-refractivity contribution in [2.75, 3.05) is 6.26 Å². The Morgan fingerprint density at radius 1 is 1.28 bits per heavy atom. The third-order valence-electron chi connectivity index (χ3n) is 3.32. The number of pyridine rings is 1. The molecule has 0 aliphatic carbocycles. The highest BCUT2D eigenvalue weighted by molar-refractivity contribution is 7.90. The van der Waals surface area contributed by atoms with Crippen LogP contribution in [-0.2, 0) is 21.2 Å². The number of nitrogens with zero attached hydrogens (tertiary/aromatic N) is 1. The fraction of sp³-hybridized carbons (Fsp3) is 0.294. The number of hydrogen-bond acceptors (Lipinski definition) is 6. The van der Waals surface area contributed by atoms with Gasteiger partial charge < -0.3 is 15.8 Å². The molecule has 0 unspecified atom stereocenters. The third-order valence-corrected chi connectivity index (χ3v) is 4.43. The molecule has 0 fully saturated rings. The molecule has 1 aromatic heterocycles. The summed E-state index contributed by atoms with van der Waals surface area (Å²) < 4.78 is 29.0. The Balaban J connectivity index is 2.20. The maximum Gasteiger partial charge on any atom is 0.239 e. The zero-order valence-corrected chi connectivity index (χ0v) is 15.1. The van der Waals surface area contributed by atoms with E-state index in [0.29, 0.717) is 11.3 Å². The molecule has 2 aromatic rings. The summed E-state index contributed by atoms with van der Waals surface area (Å²) in [4.78, 5) is 16.2. The van der Waals surface area contributed by atoms with Crippen molar-refractivity contribution in [3.8, 4) is 11.6 Å². The van der Waals surface area contributed by atoms with E-state index in [2.05, 4.69) is 10.3 Å². The number of carbonyl (C=O) groups excluding carboxylic acids is 1. The van der Waals surface area contributed by atoms with Crippen LogP contribution < -0.4 is 15.8 Å². The Morgan fingerprint density at radius 3 is 2.64 bits per heavy atom. The first-order valence-corrected chi connectivity index (χ1v) is 9.45. The Hall–Kier alpha value is -2.45. The Bertz CT molecular complexity index is 873. The Kier molecular flexibility index (Phi) is 5.44. The number of sulfone groups is 1. The topological polar surface area (TPSA) is 111 Å². The molecular weight excluding hydrogens is 342 g/mol. The second kappa shape index (κ2) is 7.20. The monoisotopic (exact) mass is 363 g/mol. The number of nitrogens with one attached hydrogen (secondary N) is 1. The molecule has 0 aliphatic rings. The van der Waals surface area contributed by atoms with E-state index in [-0.39, 0.29) is 23.2 Å². The first kappa shape index (κ1) is 18.9. The third kappa shape index (κ3) is 5.27. The first-order chi connectivity index (χ1) is 11.6. The fourth-order valence-electron chi connectivity index (χ4n) is 1.93. The summed E-state index contributed by atoms with van der Waals surface area (Å²) in [7, 11) is -3.34. The first-order valence-electron chi connectivity index (χ1n) is 7.56. The number of aromatic nitrogens is 1. The van der Waals surface area contributed by atoms with Gasteiger partial charge in [0, 0.05) is 24.6 Å². The van der Waals surface area contributed by atoms with Gasteiger partial charge >= 0.3 is 0 Å². The van der Waals surface area contributed by atoms with Gasteiger partial charge in [-0.15, -0.1) is 0 Å². The highest BCUT2D eigenvalue weighted by Crippen LogP contribution is 2.25. The van der Waals surface area contributed by atoms with E-state index < -0.39 is 15.4 Å². The van der Waals surface area contributed by atoms with Crippen LogP contribution in [0.5, 0.6) is 11.6 Å². The number of rotatable bonds is 6. The molecule has 7 nitrogen and oxygen atoms in total. The molecular formula is C17H21N3O4S. The van der Waals surface area contributed by atoms with E-state index in [4.69, 9.17) is 10.5 Å². The van der Waals surface area contributed by atoms with Crippen LogP contribution in [0.4, 0.5) is 0 Å². The molecule has 0 aliphatic heterocycles. The van der Waals surface area contributed by atoms with Crippen molar-refractivity contribution < 1.29 is 17.9 Å². The lowest BCUT2D eigenvalue weighted by atomic mass is 10.1. The summed E-state index contributed by atoms with van der Waals surface area (Å²) in [6.07, 6.45) is 2.68. The molecule has 1 heterocycles. The normalized spacial score (nSPS) is 11.8. The number of nitrogens with two attached hydrogens (primary N) is 1. The molecule has 0 saturated heterocycles. The van der Waals surface area contributed by atoms with Crippen LogP contribution in [0, 0.1) is 0 Å². The van der Waals surface area contributed by atoms with Crippen LogP contribution in [0.1, 0.15) is 19.4 Å². The van der Waals surface area contributed by atoms with Crippen molar-refractivity contribution in [1.82, 2.24) is 10.3 Å². The van der Waals surface area contributed by atoms with Crippen molar-refractivity contribution in [2.24, 2.45) is 5.73 Å². The highest BCUT2D eigenvalue weighted by Gasteiger charge is 2.21. The van der Waals surface area contributed by atoms with Crippen LogP contribution in [0.15, 0.2) is 47.5 Å². The standard InChI is InChI=1S/C17H21N3O4S/c1-17(2,18)16(21)20-11-12-6-5-9-19-15(12)24-13-7-4-8-14(10-13)25(3,22)23/h4-10H,11,18H2,1-3H3,(H,20,21). The predicted molar refractivity (Wildman–Crippen MR) is 94.0 cm³/mol. The lowest BCUT2D eigenvalue weighted by Gasteiger charge is -2.18. The van der Waals surface area contributed by atoms with E-state index in [9.17, 15) is 13.2 Å². The van der Waals surface area contributed by atoms with Gasteiger partial charge in [-0.2, -0.15) is 0 Å². The molecule has 3 N–H and O–H groups in total. The molecule has 1 aromatic carbocycles. The molecule has 8 heteroatoms. The van der Waals surface area contributed by atoms with Crippen molar-refractivity contribution >= 4 is 15.7 Å². The largest absolute Gasteiger partial charge is 0.439 e. The van der Waals surface area contributed by atoms with Gasteiger partial charge in [0.2, 0.25) is 11.8 Å². The predicted octanol–water partition coefficient (Wildman–Crippen LogP) is 1.63. The number of benzene rings is 1. The summed E-state index contributed by atoms with van der Waals surface area (Å²) in [5, 5.41) is 2.72. The van der Waals surface area contributed by atoms with Crippen LogP contribution in [0.3, 0.4) is 0 Å². The van der Waals surface area contributed by atoms with Crippen molar-refractivity contribution in [3.63, 3.8) is 0 Å². The molecule has 2 rings (SSSR count). The minimum Gasteiger partial charge on any atom is -0.439 e. The van der Waals surface area contributed by atoms with Crippen molar-refractivity contribution in [3.05, 3.63) is 48.2 Å². The van der Waals surface area contributed by atoms with E-state index in [1.54, 1.807) is 44.3 Å². The molecule has 1 amide bonds. The van der Waals surface area contributed by atoms with Crippen LogP contribution in [0.2, 0.25) is 0 Å².